The lowest BCUT2D eigenvalue weighted by Gasteiger charge is -2.06. The number of aliphatic hydroxyl groups is 1. The van der Waals surface area contributed by atoms with E-state index in [1.54, 1.807) is 11.2 Å². The molecule has 0 aromatic carbocycles. The Bertz CT molecular complexity index is 113. The Morgan fingerprint density at radius 2 is 2.18 bits per heavy atom. The van der Waals surface area contributed by atoms with Gasteiger partial charge >= 0.3 is 0 Å². The van der Waals surface area contributed by atoms with Crippen LogP contribution in [0.1, 0.15) is 26.2 Å². The molecule has 0 aliphatic heterocycles. The second-order valence-electron chi connectivity index (χ2n) is 2.82. The van der Waals surface area contributed by atoms with Crippen LogP contribution >= 0.6 is 0 Å². The van der Waals surface area contributed by atoms with E-state index in [4.69, 9.17) is 0 Å². The van der Waals surface area contributed by atoms with Gasteiger partial charge in [0.05, 0.1) is 12.3 Å². The van der Waals surface area contributed by atoms with E-state index in [0.717, 1.165) is 19.3 Å². The van der Waals surface area contributed by atoms with Crippen LogP contribution in [-0.4, -0.2) is 36.5 Å². The molecular weight excluding hydrogens is 140 g/mol. The molecule has 3 heteroatoms. The van der Waals surface area contributed by atoms with Crippen LogP contribution in [-0.2, 0) is 0 Å². The smallest absolute Gasteiger partial charge is 0.0908 e. The third-order valence-electron chi connectivity index (χ3n) is 1.32. The van der Waals surface area contributed by atoms with E-state index in [-0.39, 0.29) is 6.10 Å². The number of hydrogen-bond donors (Lipinski definition) is 1. The van der Waals surface area contributed by atoms with Crippen molar-refractivity contribution in [1.29, 1.82) is 0 Å². The van der Waals surface area contributed by atoms with Crippen molar-refractivity contribution in [2.45, 2.75) is 32.3 Å². The molecule has 0 amide bonds. The van der Waals surface area contributed by atoms with Crippen molar-refractivity contribution in [3.63, 3.8) is 0 Å². The number of rotatable bonds is 5. The van der Waals surface area contributed by atoms with Gasteiger partial charge in [-0.1, -0.05) is 19.8 Å². The zero-order valence-corrected chi connectivity index (χ0v) is 7.62. The maximum atomic E-state index is 9.25. The van der Waals surface area contributed by atoms with E-state index in [9.17, 15) is 5.11 Å². The number of aliphatic hydroxyl groups excluding tert-OH is 1. The largest absolute Gasteiger partial charge is 0.387 e. The van der Waals surface area contributed by atoms with Gasteiger partial charge in [0.15, 0.2) is 0 Å². The molecule has 11 heavy (non-hydrogen) atoms. The molecule has 0 radical (unpaired) electrons. The first kappa shape index (κ1) is 10.4. The number of hydrazone groups is 1. The van der Waals surface area contributed by atoms with E-state index in [1.165, 1.54) is 0 Å². The molecule has 0 saturated heterocycles. The van der Waals surface area contributed by atoms with E-state index in [1.807, 2.05) is 14.1 Å². The highest BCUT2D eigenvalue weighted by molar-refractivity contribution is 5.62. The van der Waals surface area contributed by atoms with Crippen LogP contribution in [0.5, 0.6) is 0 Å². The van der Waals surface area contributed by atoms with Gasteiger partial charge in [0, 0.05) is 14.1 Å². The third-order valence-corrected chi connectivity index (χ3v) is 1.32. The highest BCUT2D eigenvalue weighted by Crippen LogP contribution is 1.97. The fourth-order valence-corrected chi connectivity index (χ4v) is 0.698. The van der Waals surface area contributed by atoms with Crippen LogP contribution in [0.15, 0.2) is 5.10 Å². The topological polar surface area (TPSA) is 35.8 Å². The first-order valence-electron chi connectivity index (χ1n) is 4.06. The lowest BCUT2D eigenvalue weighted by Crippen LogP contribution is -2.11. The molecular formula is C8H18N2O. The van der Waals surface area contributed by atoms with Crippen molar-refractivity contribution < 1.29 is 5.11 Å². The van der Waals surface area contributed by atoms with Gasteiger partial charge in [-0.25, -0.2) is 0 Å². The standard InChI is InChI=1S/C8H18N2O/c1-4-5-6-8(11)7-9-10(2)3/h7-8,11H,4-6H2,1-3H3/b9-7+. The fraction of sp³-hybridized carbons (Fsp3) is 0.875. The molecule has 0 spiro atoms. The summed E-state index contributed by atoms with van der Waals surface area (Å²) in [4.78, 5) is 0. The van der Waals surface area contributed by atoms with Gasteiger partial charge < -0.3 is 10.1 Å². The highest BCUT2D eigenvalue weighted by atomic mass is 16.3. The lowest BCUT2D eigenvalue weighted by atomic mass is 10.2. The van der Waals surface area contributed by atoms with Crippen LogP contribution in [0.4, 0.5) is 0 Å². The number of unbranched alkanes of at least 4 members (excludes halogenated alkanes) is 1. The number of hydrogen-bond acceptors (Lipinski definition) is 3. The average Bonchev–Trinajstić information content (AvgIpc) is 1.97. The molecule has 0 bridgehead atoms. The van der Waals surface area contributed by atoms with Gasteiger partial charge in [0.1, 0.15) is 0 Å². The number of nitrogens with zero attached hydrogens (tertiary/aromatic N) is 2. The van der Waals surface area contributed by atoms with Crippen molar-refractivity contribution in [3.05, 3.63) is 0 Å². The summed E-state index contributed by atoms with van der Waals surface area (Å²) in [7, 11) is 3.67. The van der Waals surface area contributed by atoms with Crippen LogP contribution in [0.3, 0.4) is 0 Å². The second-order valence-corrected chi connectivity index (χ2v) is 2.82. The van der Waals surface area contributed by atoms with Gasteiger partial charge in [0.25, 0.3) is 0 Å². The Kier molecular flexibility index (Phi) is 5.84. The third kappa shape index (κ3) is 7.33. The maximum absolute atomic E-state index is 9.25. The minimum Gasteiger partial charge on any atom is -0.387 e. The normalized spacial score (nSPS) is 13.8. The van der Waals surface area contributed by atoms with Gasteiger partial charge in [0.2, 0.25) is 0 Å². The summed E-state index contributed by atoms with van der Waals surface area (Å²) >= 11 is 0. The van der Waals surface area contributed by atoms with E-state index < -0.39 is 0 Å². The molecule has 1 N–H and O–H groups in total. The van der Waals surface area contributed by atoms with E-state index >= 15 is 0 Å². The molecule has 0 aromatic heterocycles. The van der Waals surface area contributed by atoms with Crippen molar-refractivity contribution in [2.24, 2.45) is 5.10 Å². The molecule has 0 heterocycles. The molecule has 0 aliphatic carbocycles. The summed E-state index contributed by atoms with van der Waals surface area (Å²) in [6, 6.07) is 0. The summed E-state index contributed by atoms with van der Waals surface area (Å²) in [6.07, 6.45) is 4.19. The summed E-state index contributed by atoms with van der Waals surface area (Å²) in [5, 5.41) is 14.9. The molecule has 0 saturated carbocycles. The molecule has 0 rings (SSSR count). The van der Waals surface area contributed by atoms with Crippen molar-refractivity contribution in [3.8, 4) is 0 Å². The zero-order chi connectivity index (χ0) is 8.69. The Labute approximate surface area is 68.7 Å². The monoisotopic (exact) mass is 158 g/mol. The minimum atomic E-state index is -0.377. The van der Waals surface area contributed by atoms with Gasteiger partial charge in [-0.2, -0.15) is 5.10 Å². The predicted octanol–water partition coefficient (Wildman–Crippen LogP) is 1.08. The maximum Gasteiger partial charge on any atom is 0.0908 e. The molecule has 1 unspecified atom stereocenters. The second kappa shape index (κ2) is 6.16. The highest BCUT2D eigenvalue weighted by Gasteiger charge is 1.97. The van der Waals surface area contributed by atoms with Crippen LogP contribution in [0.25, 0.3) is 0 Å². The predicted molar refractivity (Wildman–Crippen MR) is 47.7 cm³/mol. The Morgan fingerprint density at radius 3 is 2.64 bits per heavy atom. The molecule has 0 fully saturated rings. The molecule has 1 atom stereocenters. The Balaban J connectivity index is 3.42. The zero-order valence-electron chi connectivity index (χ0n) is 7.62. The molecule has 0 aliphatic rings. The first-order valence-corrected chi connectivity index (χ1v) is 4.06. The van der Waals surface area contributed by atoms with Crippen molar-refractivity contribution in [2.75, 3.05) is 14.1 Å². The van der Waals surface area contributed by atoms with E-state index in [2.05, 4.69) is 12.0 Å². The molecule has 66 valence electrons. The quantitative estimate of drug-likeness (QED) is 0.480. The first-order chi connectivity index (χ1) is 5.16. The fourth-order valence-electron chi connectivity index (χ4n) is 0.698. The van der Waals surface area contributed by atoms with E-state index in [0.29, 0.717) is 0 Å². The summed E-state index contributed by atoms with van der Waals surface area (Å²) < 4.78 is 0. The molecule has 3 nitrogen and oxygen atoms in total. The van der Waals surface area contributed by atoms with Crippen molar-refractivity contribution >= 4 is 6.21 Å². The van der Waals surface area contributed by atoms with Gasteiger partial charge in [-0.05, 0) is 6.42 Å². The summed E-state index contributed by atoms with van der Waals surface area (Å²) in [5.74, 6) is 0. The Morgan fingerprint density at radius 1 is 1.55 bits per heavy atom. The van der Waals surface area contributed by atoms with Crippen LogP contribution in [0.2, 0.25) is 0 Å². The van der Waals surface area contributed by atoms with Gasteiger partial charge in [-0.3, -0.25) is 0 Å². The Hall–Kier alpha value is -0.570. The van der Waals surface area contributed by atoms with Crippen LogP contribution in [0, 0.1) is 0 Å². The minimum absolute atomic E-state index is 0.377. The van der Waals surface area contributed by atoms with Crippen molar-refractivity contribution in [1.82, 2.24) is 5.01 Å². The SMILES string of the molecule is CCCCC(O)/C=N/N(C)C. The van der Waals surface area contributed by atoms with Crippen LogP contribution < -0.4 is 0 Å². The summed E-state index contributed by atoms with van der Waals surface area (Å²) in [6.45, 7) is 2.11. The lowest BCUT2D eigenvalue weighted by molar-refractivity contribution is 0.229. The molecule has 0 aromatic rings. The average molecular weight is 158 g/mol. The summed E-state index contributed by atoms with van der Waals surface area (Å²) in [5.41, 5.74) is 0. The van der Waals surface area contributed by atoms with Gasteiger partial charge in [-0.15, -0.1) is 0 Å².